The molecule has 21 heavy (non-hydrogen) atoms. The molecule has 0 spiro atoms. The van der Waals surface area contributed by atoms with Gasteiger partial charge in [-0.15, -0.1) is 12.4 Å². The third-order valence-corrected chi connectivity index (χ3v) is 2.58. The van der Waals surface area contributed by atoms with Gasteiger partial charge in [0.2, 0.25) is 0 Å². The fourth-order valence-electron chi connectivity index (χ4n) is 1.98. The van der Waals surface area contributed by atoms with E-state index in [9.17, 15) is 8.78 Å². The van der Waals surface area contributed by atoms with Crippen LogP contribution in [0.3, 0.4) is 0 Å². The second kappa shape index (κ2) is 9.76. The fourth-order valence-corrected chi connectivity index (χ4v) is 1.98. The van der Waals surface area contributed by atoms with Crippen molar-refractivity contribution >= 4 is 12.4 Å². The van der Waals surface area contributed by atoms with Crippen molar-refractivity contribution in [2.24, 2.45) is 5.73 Å². The first kappa shape index (κ1) is 19.9. The quantitative estimate of drug-likeness (QED) is 0.799. The molecule has 0 aliphatic heterocycles. The molecule has 1 aromatic rings. The first-order chi connectivity index (χ1) is 9.42. The van der Waals surface area contributed by atoms with E-state index in [1.165, 1.54) is 6.07 Å². The number of benzene rings is 1. The second-order valence-corrected chi connectivity index (χ2v) is 4.77. The maximum atomic E-state index is 12.3. The minimum atomic E-state index is -2.86. The van der Waals surface area contributed by atoms with Crippen LogP contribution < -0.4 is 15.2 Å². The Morgan fingerprint density at radius 3 is 2.48 bits per heavy atom. The molecule has 0 radical (unpaired) electrons. The van der Waals surface area contributed by atoms with Crippen molar-refractivity contribution in [2.75, 3.05) is 20.2 Å². The van der Waals surface area contributed by atoms with Crippen molar-refractivity contribution in [1.29, 1.82) is 0 Å². The summed E-state index contributed by atoms with van der Waals surface area (Å²) in [6.07, 6.45) is 0. The molecule has 0 saturated heterocycles. The Balaban J connectivity index is 0.00000400. The summed E-state index contributed by atoms with van der Waals surface area (Å²) in [5, 5.41) is 0. The topological polar surface area (TPSA) is 47.7 Å². The molecule has 0 bridgehead atoms. The normalized spacial score (nSPS) is 12.2. The van der Waals surface area contributed by atoms with E-state index < -0.39 is 6.61 Å². The summed E-state index contributed by atoms with van der Waals surface area (Å²) in [5.74, 6) is 0.389. The molecule has 0 aliphatic rings. The lowest BCUT2D eigenvalue weighted by atomic mass is 10.2. The van der Waals surface area contributed by atoms with Gasteiger partial charge in [0.1, 0.15) is 0 Å². The van der Waals surface area contributed by atoms with Crippen LogP contribution in [0, 0.1) is 0 Å². The Morgan fingerprint density at radius 1 is 1.29 bits per heavy atom. The molecule has 0 aliphatic carbocycles. The summed E-state index contributed by atoms with van der Waals surface area (Å²) in [4.78, 5) is 2.06. The van der Waals surface area contributed by atoms with E-state index in [-0.39, 0.29) is 24.2 Å². The third kappa shape index (κ3) is 7.45. The lowest BCUT2D eigenvalue weighted by Crippen LogP contribution is -2.32. The minimum Gasteiger partial charge on any atom is -0.490 e. The Kier molecular flexibility index (Phi) is 9.24. The summed E-state index contributed by atoms with van der Waals surface area (Å²) >= 11 is 0. The van der Waals surface area contributed by atoms with Crippen LogP contribution in [0.5, 0.6) is 11.5 Å². The maximum absolute atomic E-state index is 12.3. The highest BCUT2D eigenvalue weighted by molar-refractivity contribution is 5.85. The molecule has 2 N–H and O–H groups in total. The number of likely N-dealkylation sites (N-methyl/N-ethyl adjacent to an activating group) is 1. The van der Waals surface area contributed by atoms with Gasteiger partial charge in [-0.05, 0) is 38.6 Å². The van der Waals surface area contributed by atoms with Crippen LogP contribution >= 0.6 is 12.4 Å². The number of hydrogen-bond acceptors (Lipinski definition) is 4. The molecule has 7 heteroatoms. The molecule has 0 saturated carbocycles. The molecule has 4 nitrogen and oxygen atoms in total. The van der Waals surface area contributed by atoms with Crippen LogP contribution in [0.4, 0.5) is 8.78 Å². The first-order valence-electron chi connectivity index (χ1n) is 6.57. The number of halogens is 3. The van der Waals surface area contributed by atoms with Gasteiger partial charge >= 0.3 is 6.61 Å². The number of alkyl halides is 2. The Labute approximate surface area is 130 Å². The van der Waals surface area contributed by atoms with Gasteiger partial charge in [-0.1, -0.05) is 6.07 Å². The van der Waals surface area contributed by atoms with E-state index in [4.69, 9.17) is 10.5 Å². The van der Waals surface area contributed by atoms with Gasteiger partial charge in [0.15, 0.2) is 11.5 Å². The van der Waals surface area contributed by atoms with Gasteiger partial charge in [-0.2, -0.15) is 8.78 Å². The number of nitrogens with zero attached hydrogens (tertiary/aromatic N) is 1. The zero-order valence-electron chi connectivity index (χ0n) is 12.5. The van der Waals surface area contributed by atoms with Crippen molar-refractivity contribution in [1.82, 2.24) is 4.90 Å². The van der Waals surface area contributed by atoms with Crippen molar-refractivity contribution in [3.05, 3.63) is 23.8 Å². The molecular formula is C14H23ClF2N2O2. The molecule has 1 atom stereocenters. The van der Waals surface area contributed by atoms with Crippen molar-refractivity contribution in [3.63, 3.8) is 0 Å². The van der Waals surface area contributed by atoms with Crippen LogP contribution in [0.2, 0.25) is 0 Å². The zero-order valence-corrected chi connectivity index (χ0v) is 13.3. The summed E-state index contributed by atoms with van der Waals surface area (Å²) in [5.41, 5.74) is 6.69. The van der Waals surface area contributed by atoms with E-state index in [1.807, 2.05) is 14.0 Å². The average molecular weight is 325 g/mol. The maximum Gasteiger partial charge on any atom is 0.387 e. The SMILES string of the molecule is CCOc1cc(CN(C)CC(C)N)ccc1OC(F)F.Cl. The zero-order chi connectivity index (χ0) is 15.1. The number of nitrogens with two attached hydrogens (primary N) is 1. The predicted octanol–water partition coefficient (Wildman–Crippen LogP) is 2.89. The van der Waals surface area contributed by atoms with Crippen LogP contribution in [0.15, 0.2) is 18.2 Å². The molecular weight excluding hydrogens is 302 g/mol. The Morgan fingerprint density at radius 2 is 1.95 bits per heavy atom. The second-order valence-electron chi connectivity index (χ2n) is 4.77. The van der Waals surface area contributed by atoms with Crippen molar-refractivity contribution < 1.29 is 18.3 Å². The van der Waals surface area contributed by atoms with Crippen LogP contribution in [-0.4, -0.2) is 37.8 Å². The largest absolute Gasteiger partial charge is 0.490 e. The lowest BCUT2D eigenvalue weighted by molar-refractivity contribution is -0.0514. The van der Waals surface area contributed by atoms with Crippen molar-refractivity contribution in [2.45, 2.75) is 33.0 Å². The third-order valence-electron chi connectivity index (χ3n) is 2.58. The molecule has 0 amide bonds. The van der Waals surface area contributed by atoms with Crippen molar-refractivity contribution in [3.8, 4) is 11.5 Å². The summed E-state index contributed by atoms with van der Waals surface area (Å²) in [6, 6.07) is 5.05. The number of ether oxygens (including phenoxy) is 2. The molecule has 1 rings (SSSR count). The smallest absolute Gasteiger partial charge is 0.387 e. The highest BCUT2D eigenvalue weighted by atomic mass is 35.5. The van der Waals surface area contributed by atoms with Crippen LogP contribution in [0.1, 0.15) is 19.4 Å². The first-order valence-corrected chi connectivity index (χ1v) is 6.57. The fraction of sp³-hybridized carbons (Fsp3) is 0.571. The standard InChI is InChI=1S/C14H22F2N2O2.ClH/c1-4-19-13-7-11(9-18(3)8-10(2)17)5-6-12(13)20-14(15)16;/h5-7,10,14H,4,8-9,17H2,1-3H3;1H. The molecule has 0 heterocycles. The van der Waals surface area contributed by atoms with Gasteiger partial charge < -0.3 is 20.1 Å². The van der Waals surface area contributed by atoms with Gasteiger partial charge in [-0.25, -0.2) is 0 Å². The van der Waals surface area contributed by atoms with Gasteiger partial charge in [0, 0.05) is 19.1 Å². The number of hydrogen-bond donors (Lipinski definition) is 1. The van der Waals surface area contributed by atoms with Gasteiger partial charge in [0.05, 0.1) is 6.61 Å². The summed E-state index contributed by atoms with van der Waals surface area (Å²) in [7, 11) is 1.95. The van der Waals surface area contributed by atoms with E-state index in [1.54, 1.807) is 19.1 Å². The van der Waals surface area contributed by atoms with E-state index in [2.05, 4.69) is 9.64 Å². The molecule has 0 fully saturated rings. The lowest BCUT2D eigenvalue weighted by Gasteiger charge is -2.20. The van der Waals surface area contributed by atoms with E-state index in [0.717, 1.165) is 12.1 Å². The van der Waals surface area contributed by atoms with E-state index in [0.29, 0.717) is 18.9 Å². The molecule has 122 valence electrons. The van der Waals surface area contributed by atoms with Gasteiger partial charge in [0.25, 0.3) is 0 Å². The highest BCUT2D eigenvalue weighted by Crippen LogP contribution is 2.30. The summed E-state index contributed by atoms with van der Waals surface area (Å²) in [6.45, 7) is 2.66. The minimum absolute atomic E-state index is 0. The Bertz CT molecular complexity index is 420. The van der Waals surface area contributed by atoms with E-state index >= 15 is 0 Å². The highest BCUT2D eigenvalue weighted by Gasteiger charge is 2.12. The van der Waals surface area contributed by atoms with Crippen LogP contribution in [-0.2, 0) is 6.54 Å². The summed E-state index contributed by atoms with van der Waals surface area (Å²) < 4.78 is 34.4. The van der Waals surface area contributed by atoms with Gasteiger partial charge in [-0.3, -0.25) is 0 Å². The molecule has 1 unspecified atom stereocenters. The predicted molar refractivity (Wildman–Crippen MR) is 81.5 cm³/mol. The monoisotopic (exact) mass is 324 g/mol. The number of rotatable bonds is 8. The molecule has 1 aromatic carbocycles. The van der Waals surface area contributed by atoms with Crippen LogP contribution in [0.25, 0.3) is 0 Å². The molecule has 0 aromatic heterocycles. The average Bonchev–Trinajstić information content (AvgIpc) is 2.31. The Hall–Kier alpha value is -1.11.